The number of piperidine rings is 1. The summed E-state index contributed by atoms with van der Waals surface area (Å²) in [6.07, 6.45) is 0.777. The van der Waals surface area contributed by atoms with Crippen LogP contribution in [0.15, 0.2) is 57.5 Å². The number of hydrogen-bond donors (Lipinski definition) is 3. The Hall–Kier alpha value is -2.70. The number of carbonyl (C=O) groups excluding carboxylic acids is 1. The number of rotatable bonds is 13. The van der Waals surface area contributed by atoms with Crippen molar-refractivity contribution in [2.75, 3.05) is 32.8 Å². The summed E-state index contributed by atoms with van der Waals surface area (Å²) in [7, 11) is 0. The van der Waals surface area contributed by atoms with E-state index in [2.05, 4.69) is 31.7 Å². The SMILES string of the molecule is C.CC(=O)NCCc1ccccc1-c1onc([C@H]2CNCC[C@]2(O)c2ccc(COCC(F)(F)COC(C)C)cc2)c1Br. The quantitative estimate of drug-likeness (QED) is 0.207. The first-order valence-corrected chi connectivity index (χ1v) is 14.9. The van der Waals surface area contributed by atoms with E-state index < -0.39 is 30.7 Å². The van der Waals surface area contributed by atoms with Crippen LogP contribution in [0.25, 0.3) is 11.3 Å². The molecule has 0 unspecified atom stereocenters. The topological polar surface area (TPSA) is 106 Å². The number of alkyl halides is 2. The second-order valence-corrected chi connectivity index (χ2v) is 11.7. The van der Waals surface area contributed by atoms with Crippen LogP contribution < -0.4 is 10.6 Å². The van der Waals surface area contributed by atoms with E-state index in [0.717, 1.165) is 11.1 Å². The van der Waals surface area contributed by atoms with Crippen LogP contribution in [0, 0.1) is 0 Å². The number of nitrogens with zero attached hydrogens (tertiary/aromatic N) is 1. The van der Waals surface area contributed by atoms with Gasteiger partial charge in [-0.05, 0) is 65.9 Å². The van der Waals surface area contributed by atoms with Crippen LogP contribution in [0.3, 0.4) is 0 Å². The Morgan fingerprint density at radius 3 is 2.65 bits per heavy atom. The van der Waals surface area contributed by atoms with E-state index in [1.165, 1.54) is 6.92 Å². The fourth-order valence-corrected chi connectivity index (χ4v) is 5.72. The minimum Gasteiger partial charge on any atom is -0.384 e. The van der Waals surface area contributed by atoms with Crippen LogP contribution in [0.5, 0.6) is 0 Å². The van der Waals surface area contributed by atoms with Gasteiger partial charge in [-0.1, -0.05) is 61.1 Å². The highest BCUT2D eigenvalue weighted by Crippen LogP contribution is 2.45. The van der Waals surface area contributed by atoms with Crippen LogP contribution in [0.1, 0.15) is 62.9 Å². The Balaban J connectivity index is 0.00000506. The predicted molar refractivity (Wildman–Crippen MR) is 165 cm³/mol. The van der Waals surface area contributed by atoms with Crippen LogP contribution in [-0.4, -0.2) is 61.0 Å². The average molecular weight is 667 g/mol. The highest BCUT2D eigenvalue weighted by Gasteiger charge is 2.44. The molecule has 3 aromatic rings. The first kappa shape index (κ1) is 34.8. The molecule has 2 atom stereocenters. The van der Waals surface area contributed by atoms with Gasteiger partial charge >= 0.3 is 0 Å². The number of benzene rings is 2. The van der Waals surface area contributed by atoms with E-state index in [-0.39, 0.29) is 26.0 Å². The lowest BCUT2D eigenvalue weighted by Crippen LogP contribution is -2.46. The summed E-state index contributed by atoms with van der Waals surface area (Å²) in [6, 6.07) is 15.0. The van der Waals surface area contributed by atoms with Gasteiger partial charge in [0.2, 0.25) is 5.91 Å². The molecule has 1 aliphatic rings. The molecular formula is C32H42BrF2N3O5. The van der Waals surface area contributed by atoms with Gasteiger partial charge in [0.15, 0.2) is 5.76 Å². The van der Waals surface area contributed by atoms with Gasteiger partial charge in [0.1, 0.15) is 24.5 Å². The summed E-state index contributed by atoms with van der Waals surface area (Å²) in [6.45, 7) is 5.07. The lowest BCUT2D eigenvalue weighted by atomic mass is 9.74. The minimum absolute atomic E-state index is 0. The molecule has 3 N–H and O–H groups in total. The number of carbonyl (C=O) groups is 1. The number of aliphatic hydroxyl groups is 1. The fraction of sp³-hybridized carbons (Fsp3) is 0.500. The summed E-state index contributed by atoms with van der Waals surface area (Å²) in [5.74, 6) is -3.03. The van der Waals surface area contributed by atoms with E-state index in [1.807, 2.05) is 36.4 Å². The molecule has 0 spiro atoms. The van der Waals surface area contributed by atoms with Gasteiger partial charge in [0.25, 0.3) is 5.92 Å². The smallest absolute Gasteiger partial charge is 0.293 e. The average Bonchev–Trinajstić information content (AvgIpc) is 3.33. The van der Waals surface area contributed by atoms with Crippen molar-refractivity contribution in [1.82, 2.24) is 15.8 Å². The van der Waals surface area contributed by atoms with Crippen LogP contribution in [0.4, 0.5) is 8.78 Å². The third-order valence-electron chi connectivity index (χ3n) is 7.29. The number of nitrogens with one attached hydrogen (secondary N) is 2. The summed E-state index contributed by atoms with van der Waals surface area (Å²) < 4.78 is 44.8. The van der Waals surface area contributed by atoms with Crippen molar-refractivity contribution < 1.29 is 32.7 Å². The molecule has 1 amide bonds. The fourth-order valence-electron chi connectivity index (χ4n) is 5.08. The zero-order valence-electron chi connectivity index (χ0n) is 24.1. The molecular weight excluding hydrogens is 624 g/mol. The van der Waals surface area contributed by atoms with Gasteiger partial charge in [-0.25, -0.2) is 8.78 Å². The second-order valence-electron chi connectivity index (χ2n) is 10.9. The van der Waals surface area contributed by atoms with Gasteiger partial charge < -0.3 is 29.7 Å². The molecule has 43 heavy (non-hydrogen) atoms. The molecule has 1 aromatic heterocycles. The van der Waals surface area contributed by atoms with Gasteiger partial charge in [0, 0.05) is 25.6 Å². The lowest BCUT2D eigenvalue weighted by molar-refractivity contribution is -0.135. The van der Waals surface area contributed by atoms with Crippen LogP contribution >= 0.6 is 15.9 Å². The number of halogens is 3. The van der Waals surface area contributed by atoms with Crippen LogP contribution in [0.2, 0.25) is 0 Å². The third-order valence-corrected chi connectivity index (χ3v) is 8.06. The second kappa shape index (κ2) is 15.3. The molecule has 1 saturated heterocycles. The summed E-state index contributed by atoms with van der Waals surface area (Å²) in [5.41, 5.74) is 2.61. The number of aromatic nitrogens is 1. The maximum absolute atomic E-state index is 14.0. The van der Waals surface area contributed by atoms with Crippen molar-refractivity contribution in [1.29, 1.82) is 0 Å². The molecule has 2 heterocycles. The number of hydrogen-bond acceptors (Lipinski definition) is 7. The Bertz CT molecular complexity index is 1330. The highest BCUT2D eigenvalue weighted by molar-refractivity contribution is 9.10. The van der Waals surface area contributed by atoms with Crippen molar-refractivity contribution in [3.05, 3.63) is 75.4 Å². The first-order chi connectivity index (χ1) is 20.0. The van der Waals surface area contributed by atoms with Gasteiger partial charge in [-0.2, -0.15) is 0 Å². The molecule has 4 rings (SSSR count). The van der Waals surface area contributed by atoms with Crippen molar-refractivity contribution in [2.24, 2.45) is 0 Å². The number of amides is 1. The van der Waals surface area contributed by atoms with Gasteiger partial charge in [-0.3, -0.25) is 4.79 Å². The molecule has 1 aliphatic heterocycles. The molecule has 0 saturated carbocycles. The van der Waals surface area contributed by atoms with E-state index in [9.17, 15) is 18.7 Å². The van der Waals surface area contributed by atoms with Crippen molar-refractivity contribution in [3.63, 3.8) is 0 Å². The Kier molecular flexibility index (Phi) is 12.4. The van der Waals surface area contributed by atoms with Crippen molar-refractivity contribution in [3.8, 4) is 11.3 Å². The largest absolute Gasteiger partial charge is 0.384 e. The zero-order valence-corrected chi connectivity index (χ0v) is 25.7. The van der Waals surface area contributed by atoms with Crippen LogP contribution in [-0.2, 0) is 32.9 Å². The minimum atomic E-state index is -3.07. The standard InChI is InChI=1S/C31H38BrF2N3O5.CH4/c1-20(2)41-19-30(33,34)18-40-17-22-8-10-24(11-9-22)31(39)13-15-35-16-26(31)28-27(32)29(42-37-28)25-7-5-4-6-23(25)12-14-36-21(3)38;/h4-11,20,26,35,39H,12-19H2,1-3H3,(H,36,38);1H4/t26-,31+;/m1./s1. The molecule has 0 aliphatic carbocycles. The highest BCUT2D eigenvalue weighted by atomic mass is 79.9. The van der Waals surface area contributed by atoms with E-state index >= 15 is 0 Å². The number of ether oxygens (including phenoxy) is 2. The van der Waals surface area contributed by atoms with Gasteiger partial charge in [-0.15, -0.1) is 0 Å². The molecule has 0 bridgehead atoms. The normalized spacial score (nSPS) is 18.8. The van der Waals surface area contributed by atoms with E-state index in [1.54, 1.807) is 26.0 Å². The Labute approximate surface area is 260 Å². The Morgan fingerprint density at radius 2 is 1.95 bits per heavy atom. The van der Waals surface area contributed by atoms with Gasteiger partial charge in [0.05, 0.1) is 23.1 Å². The third kappa shape index (κ3) is 8.92. The maximum Gasteiger partial charge on any atom is 0.293 e. The monoisotopic (exact) mass is 665 g/mol. The maximum atomic E-state index is 14.0. The zero-order chi connectivity index (χ0) is 30.3. The Morgan fingerprint density at radius 1 is 1.23 bits per heavy atom. The molecule has 2 aromatic carbocycles. The summed E-state index contributed by atoms with van der Waals surface area (Å²) in [5, 5.41) is 22.6. The molecule has 0 radical (unpaired) electrons. The molecule has 1 fully saturated rings. The lowest BCUT2D eigenvalue weighted by Gasteiger charge is -2.40. The predicted octanol–water partition coefficient (Wildman–Crippen LogP) is 5.96. The molecule has 11 heteroatoms. The van der Waals surface area contributed by atoms with E-state index in [4.69, 9.17) is 14.0 Å². The van der Waals surface area contributed by atoms with Crippen molar-refractivity contribution in [2.45, 2.75) is 71.2 Å². The summed E-state index contributed by atoms with van der Waals surface area (Å²) in [4.78, 5) is 11.3. The summed E-state index contributed by atoms with van der Waals surface area (Å²) >= 11 is 3.70. The molecule has 8 nitrogen and oxygen atoms in total. The van der Waals surface area contributed by atoms with E-state index in [0.29, 0.717) is 59.5 Å². The van der Waals surface area contributed by atoms with Crippen molar-refractivity contribution >= 4 is 21.8 Å². The molecule has 236 valence electrons. The first-order valence-electron chi connectivity index (χ1n) is 14.1.